The first kappa shape index (κ1) is 18.4. The van der Waals surface area contributed by atoms with Gasteiger partial charge in [0.2, 0.25) is 0 Å². The minimum absolute atomic E-state index is 0.184. The summed E-state index contributed by atoms with van der Waals surface area (Å²) >= 11 is 0. The Labute approximate surface area is 175 Å². The van der Waals surface area contributed by atoms with Crippen molar-refractivity contribution in [3.8, 4) is 5.69 Å². The second-order valence-electron chi connectivity index (χ2n) is 7.64. The Bertz CT molecular complexity index is 1210. The number of hydrogen-bond donors (Lipinski definition) is 1. The number of hydrogen-bond acceptors (Lipinski definition) is 4. The number of amides is 1. The highest BCUT2D eigenvalue weighted by molar-refractivity contribution is 6.09. The molecular weight excluding hydrogens is 374 g/mol. The Hall–Kier alpha value is -3.67. The molecule has 6 nitrogen and oxygen atoms in total. The third-order valence-corrected chi connectivity index (χ3v) is 5.50. The van der Waals surface area contributed by atoms with Gasteiger partial charge >= 0.3 is 0 Å². The van der Waals surface area contributed by atoms with E-state index in [0.29, 0.717) is 11.4 Å². The second-order valence-corrected chi connectivity index (χ2v) is 7.64. The number of aryl methyl sites for hydroxylation is 1. The summed E-state index contributed by atoms with van der Waals surface area (Å²) in [4.78, 5) is 20.3. The third-order valence-electron chi connectivity index (χ3n) is 5.50. The topological polar surface area (TPSA) is 63.1 Å². The van der Waals surface area contributed by atoms with E-state index in [1.807, 2.05) is 73.8 Å². The number of rotatable bonds is 4. The predicted octanol–water partition coefficient (Wildman–Crippen LogP) is 4.58. The van der Waals surface area contributed by atoms with Gasteiger partial charge in [-0.1, -0.05) is 36.4 Å². The molecule has 2 aromatic carbocycles. The van der Waals surface area contributed by atoms with Gasteiger partial charge in [0.15, 0.2) is 5.82 Å². The molecule has 3 heterocycles. The molecule has 1 aliphatic rings. The number of para-hydroxylation sites is 2. The molecule has 1 saturated heterocycles. The Balaban J connectivity index is 1.50. The van der Waals surface area contributed by atoms with Gasteiger partial charge in [-0.3, -0.25) is 4.79 Å². The van der Waals surface area contributed by atoms with Gasteiger partial charge in [-0.25, -0.2) is 9.67 Å². The molecule has 1 N–H and O–H groups in total. The smallest absolute Gasteiger partial charge is 0.260 e. The highest BCUT2D eigenvalue weighted by Gasteiger charge is 2.23. The van der Waals surface area contributed by atoms with Crippen molar-refractivity contribution >= 4 is 28.4 Å². The van der Waals surface area contributed by atoms with Crippen LogP contribution in [0.15, 0.2) is 66.9 Å². The molecule has 5 rings (SSSR count). The van der Waals surface area contributed by atoms with Crippen molar-refractivity contribution in [2.45, 2.75) is 19.8 Å². The summed E-state index contributed by atoms with van der Waals surface area (Å²) in [5.41, 5.74) is 3.35. The zero-order valence-corrected chi connectivity index (χ0v) is 16.9. The van der Waals surface area contributed by atoms with Crippen LogP contribution >= 0.6 is 0 Å². The van der Waals surface area contributed by atoms with Crippen LogP contribution in [0, 0.1) is 6.92 Å². The first-order valence-electron chi connectivity index (χ1n) is 10.3. The summed E-state index contributed by atoms with van der Waals surface area (Å²) < 4.78 is 1.78. The van der Waals surface area contributed by atoms with Crippen LogP contribution in [-0.4, -0.2) is 33.8 Å². The molecule has 4 aromatic rings. The SMILES string of the molecule is Cc1cn(-c2ccccc2)nc1NC(=O)c1cc2ccccc2nc1N1CCCC1. The molecule has 1 amide bonds. The number of anilines is 2. The highest BCUT2D eigenvalue weighted by atomic mass is 16.1. The van der Waals surface area contributed by atoms with Crippen LogP contribution in [0.3, 0.4) is 0 Å². The molecule has 150 valence electrons. The molecule has 0 aliphatic carbocycles. The van der Waals surface area contributed by atoms with E-state index in [9.17, 15) is 4.79 Å². The van der Waals surface area contributed by atoms with Crippen LogP contribution in [0.5, 0.6) is 0 Å². The Morgan fingerprint density at radius 2 is 1.73 bits per heavy atom. The van der Waals surface area contributed by atoms with Crippen LogP contribution in [-0.2, 0) is 0 Å². The molecule has 0 unspecified atom stereocenters. The molecule has 0 radical (unpaired) electrons. The van der Waals surface area contributed by atoms with Gasteiger partial charge in [-0.15, -0.1) is 5.10 Å². The lowest BCUT2D eigenvalue weighted by atomic mass is 10.1. The molecule has 30 heavy (non-hydrogen) atoms. The summed E-state index contributed by atoms with van der Waals surface area (Å²) in [5.74, 6) is 1.13. The van der Waals surface area contributed by atoms with E-state index in [1.54, 1.807) is 4.68 Å². The average Bonchev–Trinajstić information content (AvgIpc) is 3.44. The molecule has 1 fully saturated rings. The summed E-state index contributed by atoms with van der Waals surface area (Å²) in [5, 5.41) is 8.55. The van der Waals surface area contributed by atoms with E-state index in [0.717, 1.165) is 53.9 Å². The maximum Gasteiger partial charge on any atom is 0.260 e. The van der Waals surface area contributed by atoms with Crippen LogP contribution < -0.4 is 10.2 Å². The molecule has 6 heteroatoms. The molecule has 1 aliphatic heterocycles. The molecule has 0 atom stereocenters. The fraction of sp³-hybridized carbons (Fsp3) is 0.208. The van der Waals surface area contributed by atoms with E-state index in [4.69, 9.17) is 4.98 Å². The maximum atomic E-state index is 13.3. The fourth-order valence-corrected chi connectivity index (χ4v) is 3.91. The quantitative estimate of drug-likeness (QED) is 0.547. The van der Waals surface area contributed by atoms with Crippen LogP contribution in [0.1, 0.15) is 28.8 Å². The number of aromatic nitrogens is 3. The van der Waals surface area contributed by atoms with E-state index in [1.165, 1.54) is 0 Å². The molecular formula is C24H23N5O. The summed E-state index contributed by atoms with van der Waals surface area (Å²) in [6, 6.07) is 19.7. The fourth-order valence-electron chi connectivity index (χ4n) is 3.91. The number of fused-ring (bicyclic) bond motifs is 1. The van der Waals surface area contributed by atoms with Crippen molar-refractivity contribution in [1.82, 2.24) is 14.8 Å². The number of carbonyl (C=O) groups is 1. The van der Waals surface area contributed by atoms with E-state index < -0.39 is 0 Å². The Kier molecular flexibility index (Phi) is 4.67. The van der Waals surface area contributed by atoms with Gasteiger partial charge in [0.25, 0.3) is 5.91 Å². The number of benzene rings is 2. The minimum atomic E-state index is -0.184. The van der Waals surface area contributed by atoms with Crippen molar-refractivity contribution in [2.75, 3.05) is 23.3 Å². The van der Waals surface area contributed by atoms with Crippen molar-refractivity contribution < 1.29 is 4.79 Å². The number of nitrogens with zero attached hydrogens (tertiary/aromatic N) is 4. The van der Waals surface area contributed by atoms with Crippen molar-refractivity contribution in [2.24, 2.45) is 0 Å². The number of carbonyl (C=O) groups excluding carboxylic acids is 1. The van der Waals surface area contributed by atoms with Gasteiger partial charge in [0.1, 0.15) is 5.82 Å². The summed E-state index contributed by atoms with van der Waals surface area (Å²) in [7, 11) is 0. The van der Waals surface area contributed by atoms with Crippen molar-refractivity contribution in [3.05, 3.63) is 78.0 Å². The van der Waals surface area contributed by atoms with E-state index >= 15 is 0 Å². The van der Waals surface area contributed by atoms with Gasteiger partial charge in [-0.2, -0.15) is 0 Å². The Morgan fingerprint density at radius 3 is 2.53 bits per heavy atom. The lowest BCUT2D eigenvalue weighted by Gasteiger charge is -2.20. The lowest BCUT2D eigenvalue weighted by molar-refractivity contribution is 0.102. The van der Waals surface area contributed by atoms with Gasteiger partial charge in [-0.05, 0) is 44.0 Å². The molecule has 0 bridgehead atoms. The zero-order chi connectivity index (χ0) is 20.5. The molecule has 0 spiro atoms. The van der Waals surface area contributed by atoms with Crippen molar-refractivity contribution in [1.29, 1.82) is 0 Å². The van der Waals surface area contributed by atoms with Gasteiger partial charge in [0, 0.05) is 30.2 Å². The molecule has 2 aromatic heterocycles. The maximum absolute atomic E-state index is 13.3. The van der Waals surface area contributed by atoms with Crippen LogP contribution in [0.25, 0.3) is 16.6 Å². The third kappa shape index (κ3) is 3.41. The lowest BCUT2D eigenvalue weighted by Crippen LogP contribution is -2.24. The normalized spacial score (nSPS) is 13.7. The minimum Gasteiger partial charge on any atom is -0.356 e. The summed E-state index contributed by atoms with van der Waals surface area (Å²) in [6.07, 6.45) is 4.16. The molecule has 0 saturated carbocycles. The van der Waals surface area contributed by atoms with E-state index in [2.05, 4.69) is 15.3 Å². The standard InChI is InChI=1S/C24H23N5O/c1-17-16-29(19-10-3-2-4-11-19)27-22(17)26-24(30)20-15-18-9-5-6-12-21(18)25-23(20)28-13-7-8-14-28/h2-6,9-12,15-16H,7-8,13-14H2,1H3,(H,26,27,30). The second kappa shape index (κ2) is 7.63. The first-order chi connectivity index (χ1) is 14.7. The number of pyridine rings is 1. The average molecular weight is 397 g/mol. The predicted molar refractivity (Wildman–Crippen MR) is 119 cm³/mol. The monoisotopic (exact) mass is 397 g/mol. The zero-order valence-electron chi connectivity index (χ0n) is 16.9. The van der Waals surface area contributed by atoms with Crippen LogP contribution in [0.2, 0.25) is 0 Å². The van der Waals surface area contributed by atoms with Gasteiger partial charge < -0.3 is 10.2 Å². The van der Waals surface area contributed by atoms with E-state index in [-0.39, 0.29) is 5.91 Å². The summed E-state index contributed by atoms with van der Waals surface area (Å²) in [6.45, 7) is 3.79. The Morgan fingerprint density at radius 1 is 1.00 bits per heavy atom. The first-order valence-corrected chi connectivity index (χ1v) is 10.3. The highest BCUT2D eigenvalue weighted by Crippen LogP contribution is 2.27. The largest absolute Gasteiger partial charge is 0.356 e. The number of nitrogens with one attached hydrogen (secondary N) is 1. The van der Waals surface area contributed by atoms with Gasteiger partial charge in [0.05, 0.1) is 16.8 Å². The van der Waals surface area contributed by atoms with Crippen LogP contribution in [0.4, 0.5) is 11.6 Å². The van der Waals surface area contributed by atoms with Crippen molar-refractivity contribution in [3.63, 3.8) is 0 Å².